The third-order valence-corrected chi connectivity index (χ3v) is 3.01. The van der Waals surface area contributed by atoms with Gasteiger partial charge < -0.3 is 4.90 Å². The molecule has 0 atom stereocenters. The van der Waals surface area contributed by atoms with Crippen LogP contribution in [0.5, 0.6) is 0 Å². The van der Waals surface area contributed by atoms with Crippen LogP contribution < -0.4 is 0 Å². The Morgan fingerprint density at radius 3 is 2.67 bits per heavy atom. The zero-order valence-electron chi connectivity index (χ0n) is 12.1. The second-order valence-corrected chi connectivity index (χ2v) is 5.00. The summed E-state index contributed by atoms with van der Waals surface area (Å²) >= 11 is 0. The monoisotopic (exact) mass is 283 g/mol. The van der Waals surface area contributed by atoms with E-state index in [0.29, 0.717) is 12.4 Å². The van der Waals surface area contributed by atoms with Gasteiger partial charge in [-0.25, -0.2) is 4.98 Å². The summed E-state index contributed by atoms with van der Waals surface area (Å²) in [5, 5.41) is 15.6. The lowest BCUT2D eigenvalue weighted by Crippen LogP contribution is -2.31. The van der Waals surface area contributed by atoms with E-state index < -0.39 is 0 Å². The molecular formula is C15H17N5O. The number of nitriles is 1. The van der Waals surface area contributed by atoms with E-state index in [1.54, 1.807) is 0 Å². The molecule has 0 saturated heterocycles. The molecule has 0 bridgehead atoms. The van der Waals surface area contributed by atoms with Crippen molar-refractivity contribution in [2.45, 2.75) is 26.3 Å². The predicted molar refractivity (Wildman–Crippen MR) is 77.3 cm³/mol. The summed E-state index contributed by atoms with van der Waals surface area (Å²) in [6, 6.07) is 11.5. The largest absolute Gasteiger partial charge is 0.318 e. The third-order valence-electron chi connectivity index (χ3n) is 3.01. The van der Waals surface area contributed by atoms with Crippen LogP contribution in [-0.2, 0) is 6.54 Å². The number of nitrogens with zero attached hydrogens (tertiary/aromatic N) is 4. The van der Waals surface area contributed by atoms with Crippen molar-refractivity contribution >= 4 is 5.91 Å². The number of aromatic amines is 1. The van der Waals surface area contributed by atoms with E-state index in [1.165, 1.54) is 4.90 Å². The quantitative estimate of drug-likeness (QED) is 0.851. The normalized spacial score (nSPS) is 10.4. The molecule has 0 aliphatic carbocycles. The number of amides is 1. The summed E-state index contributed by atoms with van der Waals surface area (Å²) in [7, 11) is 0. The number of aromatic nitrogens is 3. The van der Waals surface area contributed by atoms with Gasteiger partial charge in [-0.15, -0.1) is 5.10 Å². The predicted octanol–water partition coefficient (Wildman–Crippen LogP) is 2.09. The molecule has 1 aromatic heterocycles. The van der Waals surface area contributed by atoms with Gasteiger partial charge in [0.05, 0.1) is 6.07 Å². The summed E-state index contributed by atoms with van der Waals surface area (Å²) in [4.78, 5) is 18.0. The maximum Gasteiger partial charge on any atom is 0.294 e. The van der Waals surface area contributed by atoms with Gasteiger partial charge in [-0.05, 0) is 5.56 Å². The Bertz CT molecular complexity index is 642. The van der Waals surface area contributed by atoms with Crippen molar-refractivity contribution in [3.05, 3.63) is 47.5 Å². The lowest BCUT2D eigenvalue weighted by Gasteiger charge is -2.17. The maximum absolute atomic E-state index is 12.4. The van der Waals surface area contributed by atoms with Gasteiger partial charge in [0.25, 0.3) is 5.91 Å². The van der Waals surface area contributed by atoms with Crippen molar-refractivity contribution in [2.75, 3.05) is 6.54 Å². The Balaban J connectivity index is 2.17. The number of carbonyl (C=O) groups is 1. The fourth-order valence-electron chi connectivity index (χ4n) is 1.86. The highest BCUT2D eigenvalue weighted by molar-refractivity contribution is 5.90. The van der Waals surface area contributed by atoms with Crippen LogP contribution >= 0.6 is 0 Å². The first-order chi connectivity index (χ1) is 10.1. The van der Waals surface area contributed by atoms with Gasteiger partial charge >= 0.3 is 0 Å². The molecule has 6 heteroatoms. The minimum Gasteiger partial charge on any atom is -0.318 e. The molecule has 0 aliphatic heterocycles. The van der Waals surface area contributed by atoms with E-state index in [9.17, 15) is 4.79 Å². The Hall–Kier alpha value is -2.68. The van der Waals surface area contributed by atoms with Crippen molar-refractivity contribution in [3.8, 4) is 6.07 Å². The zero-order valence-corrected chi connectivity index (χ0v) is 12.1. The maximum atomic E-state index is 12.4. The zero-order chi connectivity index (χ0) is 15.2. The van der Waals surface area contributed by atoms with Crippen LogP contribution in [0.4, 0.5) is 0 Å². The number of hydrogen-bond donors (Lipinski definition) is 1. The van der Waals surface area contributed by atoms with Gasteiger partial charge in [0.1, 0.15) is 12.4 Å². The Kier molecular flexibility index (Phi) is 4.67. The standard InChI is InChI=1S/C15H17N5O/c1-11(2)13-17-14(19-18-13)15(21)20(9-8-16)10-12-6-4-3-5-7-12/h3-7,11H,9-10H2,1-2H3,(H,17,18,19). The van der Waals surface area contributed by atoms with Crippen LogP contribution in [0.25, 0.3) is 0 Å². The molecule has 1 amide bonds. The molecule has 1 N–H and O–H groups in total. The van der Waals surface area contributed by atoms with Crippen molar-refractivity contribution in [3.63, 3.8) is 0 Å². The number of nitrogens with one attached hydrogen (secondary N) is 1. The molecular weight excluding hydrogens is 266 g/mol. The highest BCUT2D eigenvalue weighted by atomic mass is 16.2. The first-order valence-electron chi connectivity index (χ1n) is 6.74. The fraction of sp³-hybridized carbons (Fsp3) is 0.333. The topological polar surface area (TPSA) is 85.7 Å². The van der Waals surface area contributed by atoms with E-state index in [1.807, 2.05) is 50.2 Å². The average molecular weight is 283 g/mol. The second-order valence-electron chi connectivity index (χ2n) is 5.00. The van der Waals surface area contributed by atoms with E-state index >= 15 is 0 Å². The van der Waals surface area contributed by atoms with Crippen LogP contribution in [0, 0.1) is 11.3 Å². The lowest BCUT2D eigenvalue weighted by atomic mass is 10.2. The SMILES string of the molecule is CC(C)c1nc(C(=O)N(CC#N)Cc2ccccc2)n[nH]1. The molecule has 0 saturated carbocycles. The minimum atomic E-state index is -0.344. The van der Waals surface area contributed by atoms with Crippen molar-refractivity contribution in [2.24, 2.45) is 0 Å². The van der Waals surface area contributed by atoms with Crippen LogP contribution in [0.3, 0.4) is 0 Å². The van der Waals surface area contributed by atoms with Gasteiger partial charge in [0.15, 0.2) is 0 Å². The van der Waals surface area contributed by atoms with Gasteiger partial charge in [0.2, 0.25) is 5.82 Å². The average Bonchev–Trinajstić information content (AvgIpc) is 2.97. The number of rotatable bonds is 5. The molecule has 1 aromatic carbocycles. The summed E-state index contributed by atoms with van der Waals surface area (Å²) in [6.45, 7) is 4.29. The van der Waals surface area contributed by atoms with E-state index in [0.717, 1.165) is 5.56 Å². The Morgan fingerprint density at radius 2 is 2.10 bits per heavy atom. The molecule has 2 rings (SSSR count). The van der Waals surface area contributed by atoms with E-state index in [-0.39, 0.29) is 24.2 Å². The number of H-pyrrole nitrogens is 1. The van der Waals surface area contributed by atoms with Gasteiger partial charge in [0, 0.05) is 12.5 Å². The van der Waals surface area contributed by atoms with Gasteiger partial charge in [-0.2, -0.15) is 5.26 Å². The lowest BCUT2D eigenvalue weighted by molar-refractivity contribution is 0.0753. The minimum absolute atomic E-state index is 0.000715. The third kappa shape index (κ3) is 3.66. The smallest absolute Gasteiger partial charge is 0.294 e. The number of hydrogen-bond acceptors (Lipinski definition) is 4. The van der Waals surface area contributed by atoms with Crippen LogP contribution in [0.2, 0.25) is 0 Å². The number of benzene rings is 1. The number of carbonyl (C=O) groups excluding carboxylic acids is 1. The van der Waals surface area contributed by atoms with Crippen molar-refractivity contribution in [1.29, 1.82) is 5.26 Å². The molecule has 0 unspecified atom stereocenters. The highest BCUT2D eigenvalue weighted by Gasteiger charge is 2.21. The van der Waals surface area contributed by atoms with E-state index in [2.05, 4.69) is 15.2 Å². The molecule has 108 valence electrons. The first kappa shape index (κ1) is 14.7. The molecule has 0 spiro atoms. The Labute approximate surface area is 123 Å². The summed E-state index contributed by atoms with van der Waals surface area (Å²) in [5.74, 6) is 0.584. The molecule has 1 heterocycles. The van der Waals surface area contributed by atoms with Crippen molar-refractivity contribution in [1.82, 2.24) is 20.1 Å². The van der Waals surface area contributed by atoms with Gasteiger partial charge in [-0.1, -0.05) is 44.2 Å². The van der Waals surface area contributed by atoms with Crippen molar-refractivity contribution < 1.29 is 4.79 Å². The molecule has 0 fully saturated rings. The molecule has 6 nitrogen and oxygen atoms in total. The summed E-state index contributed by atoms with van der Waals surface area (Å²) in [5.41, 5.74) is 0.959. The summed E-state index contributed by atoms with van der Waals surface area (Å²) in [6.07, 6.45) is 0. The molecule has 0 aliphatic rings. The first-order valence-corrected chi connectivity index (χ1v) is 6.74. The second kappa shape index (κ2) is 6.66. The molecule has 0 radical (unpaired) electrons. The van der Waals surface area contributed by atoms with Crippen LogP contribution in [-0.4, -0.2) is 32.5 Å². The van der Waals surface area contributed by atoms with E-state index in [4.69, 9.17) is 5.26 Å². The van der Waals surface area contributed by atoms with Gasteiger partial charge in [-0.3, -0.25) is 9.89 Å². The molecule has 21 heavy (non-hydrogen) atoms. The summed E-state index contributed by atoms with van der Waals surface area (Å²) < 4.78 is 0. The highest BCUT2D eigenvalue weighted by Crippen LogP contribution is 2.11. The fourth-order valence-corrected chi connectivity index (χ4v) is 1.86. The van der Waals surface area contributed by atoms with Crippen LogP contribution in [0.15, 0.2) is 30.3 Å². The molecule has 2 aromatic rings. The van der Waals surface area contributed by atoms with Crippen LogP contribution in [0.1, 0.15) is 41.8 Å². The Morgan fingerprint density at radius 1 is 1.38 bits per heavy atom.